The van der Waals surface area contributed by atoms with Crippen molar-refractivity contribution in [3.63, 3.8) is 0 Å². The molecular weight excluding hydrogens is 427 g/mol. The van der Waals surface area contributed by atoms with Gasteiger partial charge in [-0.25, -0.2) is 0 Å². The molecule has 5 heteroatoms. The van der Waals surface area contributed by atoms with Gasteiger partial charge in [0.15, 0.2) is 0 Å². The zero-order chi connectivity index (χ0) is 16.4. The van der Waals surface area contributed by atoms with Crippen LogP contribution in [0.4, 0.5) is 5.69 Å². The van der Waals surface area contributed by atoms with Crippen molar-refractivity contribution >= 4 is 56.6 Å². The number of nitrogens with one attached hydrogen (secondary N) is 1. The molecule has 2 aliphatic carbocycles. The molecule has 0 aromatic heterocycles. The SMILES string of the molecule is [B]c1c(Br)c(Br)c2c3c1CCCC3C(C1C[C@@H]1C1CCCNC1)=N2. The molecule has 3 unspecified atom stereocenters. The van der Waals surface area contributed by atoms with Crippen LogP contribution in [-0.2, 0) is 6.42 Å². The Labute approximate surface area is 161 Å². The average molecular weight is 448 g/mol. The van der Waals surface area contributed by atoms with Crippen molar-refractivity contribution in [1.29, 1.82) is 0 Å². The van der Waals surface area contributed by atoms with Crippen LogP contribution in [0, 0.1) is 17.8 Å². The van der Waals surface area contributed by atoms with E-state index in [1.165, 1.54) is 62.0 Å². The van der Waals surface area contributed by atoms with E-state index in [0.29, 0.717) is 11.8 Å². The topological polar surface area (TPSA) is 24.4 Å². The van der Waals surface area contributed by atoms with Crippen LogP contribution in [-0.4, -0.2) is 26.6 Å². The van der Waals surface area contributed by atoms with Gasteiger partial charge in [0.05, 0.1) is 10.2 Å². The van der Waals surface area contributed by atoms with Gasteiger partial charge >= 0.3 is 0 Å². The molecule has 2 heterocycles. The second-order valence-corrected chi connectivity index (χ2v) is 9.46. The quantitative estimate of drug-likeness (QED) is 0.677. The van der Waals surface area contributed by atoms with E-state index >= 15 is 0 Å². The number of nitrogens with zero attached hydrogens (tertiary/aromatic N) is 1. The Hall–Kier alpha value is -0.125. The summed E-state index contributed by atoms with van der Waals surface area (Å²) in [6, 6.07) is 0. The second-order valence-electron chi connectivity index (χ2n) is 7.88. The molecule has 24 heavy (non-hydrogen) atoms. The lowest BCUT2D eigenvalue weighted by Crippen LogP contribution is -2.31. The predicted octanol–water partition coefficient (Wildman–Crippen LogP) is 4.15. The molecular formula is C19H21BBr2N2. The van der Waals surface area contributed by atoms with E-state index in [1.807, 2.05) is 0 Å². The van der Waals surface area contributed by atoms with Crippen molar-refractivity contribution in [3.05, 3.63) is 20.1 Å². The van der Waals surface area contributed by atoms with Gasteiger partial charge in [-0.2, -0.15) is 0 Å². The average Bonchev–Trinajstić information content (AvgIpc) is 3.32. The summed E-state index contributed by atoms with van der Waals surface area (Å²) < 4.78 is 2.04. The summed E-state index contributed by atoms with van der Waals surface area (Å²) in [6.07, 6.45) is 7.66. The van der Waals surface area contributed by atoms with E-state index in [2.05, 4.69) is 37.2 Å². The van der Waals surface area contributed by atoms with E-state index in [1.54, 1.807) is 0 Å². The van der Waals surface area contributed by atoms with Gasteiger partial charge in [-0.15, -0.1) is 0 Å². The van der Waals surface area contributed by atoms with Crippen molar-refractivity contribution in [1.82, 2.24) is 5.32 Å². The summed E-state index contributed by atoms with van der Waals surface area (Å²) in [7, 11) is 6.41. The first-order valence-corrected chi connectivity index (χ1v) is 10.8. The van der Waals surface area contributed by atoms with Gasteiger partial charge in [-0.05, 0) is 90.5 Å². The third-order valence-electron chi connectivity index (χ3n) is 6.57. The highest BCUT2D eigenvalue weighted by Crippen LogP contribution is 2.56. The Morgan fingerprint density at radius 1 is 1.12 bits per heavy atom. The third-order valence-corrected chi connectivity index (χ3v) is 8.70. The van der Waals surface area contributed by atoms with Gasteiger partial charge in [0, 0.05) is 22.0 Å². The molecule has 1 N–H and O–H groups in total. The first-order valence-electron chi connectivity index (χ1n) is 9.25. The number of benzene rings is 1. The van der Waals surface area contributed by atoms with E-state index in [-0.39, 0.29) is 0 Å². The Kier molecular flexibility index (Phi) is 3.99. The highest BCUT2D eigenvalue weighted by atomic mass is 79.9. The highest BCUT2D eigenvalue weighted by molar-refractivity contribution is 9.13. The lowest BCUT2D eigenvalue weighted by atomic mass is 9.74. The Balaban J connectivity index is 1.49. The van der Waals surface area contributed by atoms with Gasteiger partial charge in [-0.1, -0.05) is 21.4 Å². The first kappa shape index (κ1) is 16.1. The van der Waals surface area contributed by atoms with Gasteiger partial charge in [0.1, 0.15) is 7.85 Å². The zero-order valence-corrected chi connectivity index (χ0v) is 16.9. The predicted molar refractivity (Wildman–Crippen MR) is 107 cm³/mol. The minimum absolute atomic E-state index is 0.530. The molecule has 1 aromatic carbocycles. The Bertz CT molecular complexity index is 740. The Morgan fingerprint density at radius 3 is 2.79 bits per heavy atom. The van der Waals surface area contributed by atoms with Crippen molar-refractivity contribution in [3.8, 4) is 0 Å². The summed E-state index contributed by atoms with van der Waals surface area (Å²) in [5, 5.41) is 3.58. The van der Waals surface area contributed by atoms with E-state index in [4.69, 9.17) is 12.8 Å². The third kappa shape index (κ3) is 2.34. The monoisotopic (exact) mass is 446 g/mol. The van der Waals surface area contributed by atoms with Crippen molar-refractivity contribution in [2.24, 2.45) is 22.7 Å². The van der Waals surface area contributed by atoms with Gasteiger partial charge in [0.25, 0.3) is 0 Å². The maximum atomic E-state index is 6.41. The first-order chi connectivity index (χ1) is 11.7. The molecule has 2 aliphatic heterocycles. The van der Waals surface area contributed by atoms with Crippen LogP contribution in [0.1, 0.15) is 49.1 Å². The smallest absolute Gasteiger partial charge is 0.115 e. The van der Waals surface area contributed by atoms with Gasteiger partial charge in [0.2, 0.25) is 0 Å². The number of hydrogen-bond acceptors (Lipinski definition) is 2. The number of aliphatic imine (C=N–C) groups is 1. The molecule has 4 aliphatic rings. The molecule has 2 radical (unpaired) electrons. The highest BCUT2D eigenvalue weighted by Gasteiger charge is 2.50. The summed E-state index contributed by atoms with van der Waals surface area (Å²) in [6.45, 7) is 2.41. The van der Waals surface area contributed by atoms with Crippen molar-refractivity contribution in [2.75, 3.05) is 13.1 Å². The molecule has 0 bridgehead atoms. The lowest BCUT2D eigenvalue weighted by molar-refractivity contribution is 0.336. The van der Waals surface area contributed by atoms with Crippen LogP contribution < -0.4 is 10.8 Å². The second kappa shape index (κ2) is 5.95. The fourth-order valence-electron chi connectivity index (χ4n) is 5.31. The van der Waals surface area contributed by atoms with Crippen LogP contribution in [0.3, 0.4) is 0 Å². The van der Waals surface area contributed by atoms with Crippen LogP contribution in [0.25, 0.3) is 0 Å². The van der Waals surface area contributed by atoms with E-state index in [9.17, 15) is 0 Å². The molecule has 2 nitrogen and oxygen atoms in total. The molecule has 0 spiro atoms. The molecule has 5 rings (SSSR count). The van der Waals surface area contributed by atoms with Crippen molar-refractivity contribution in [2.45, 2.75) is 44.4 Å². The molecule has 1 aromatic rings. The fraction of sp³-hybridized carbons (Fsp3) is 0.632. The van der Waals surface area contributed by atoms with Crippen LogP contribution >= 0.6 is 31.9 Å². The van der Waals surface area contributed by atoms with Crippen LogP contribution in [0.15, 0.2) is 13.9 Å². The Morgan fingerprint density at radius 2 is 2.00 bits per heavy atom. The maximum Gasteiger partial charge on any atom is 0.115 e. The van der Waals surface area contributed by atoms with Crippen LogP contribution in [0.2, 0.25) is 0 Å². The lowest BCUT2D eigenvalue weighted by Gasteiger charge is -2.27. The standard InChI is InChI=1S/C19H21BBr2N2/c20-15-10-4-1-5-11-14(10)19(17(22)16(15)21)24-18(11)13-7-12(13)9-3-2-6-23-8-9/h9,11-13,23H,1-8H2/t9?,11?,12-,13?/m1/s1. The van der Waals surface area contributed by atoms with Gasteiger partial charge in [-0.3, -0.25) is 4.99 Å². The number of hydrogen-bond donors (Lipinski definition) is 1. The molecule has 0 amide bonds. The van der Waals surface area contributed by atoms with E-state index in [0.717, 1.165) is 38.4 Å². The molecule has 2 fully saturated rings. The number of halogens is 2. The summed E-state index contributed by atoms with van der Waals surface area (Å²) >= 11 is 7.41. The fourth-order valence-corrected chi connectivity index (χ4v) is 6.25. The minimum atomic E-state index is 0.530. The summed E-state index contributed by atoms with van der Waals surface area (Å²) in [5.41, 5.74) is 6.35. The summed E-state index contributed by atoms with van der Waals surface area (Å²) in [4.78, 5) is 5.18. The normalized spacial score (nSPS) is 34.0. The number of rotatable bonds is 2. The number of piperidine rings is 1. The van der Waals surface area contributed by atoms with Crippen molar-refractivity contribution < 1.29 is 0 Å². The van der Waals surface area contributed by atoms with Gasteiger partial charge < -0.3 is 5.32 Å². The molecule has 1 saturated carbocycles. The minimum Gasteiger partial charge on any atom is -0.316 e. The van der Waals surface area contributed by atoms with Crippen LogP contribution in [0.5, 0.6) is 0 Å². The summed E-state index contributed by atoms with van der Waals surface area (Å²) in [5.74, 6) is 2.96. The largest absolute Gasteiger partial charge is 0.316 e. The zero-order valence-electron chi connectivity index (χ0n) is 13.7. The molecule has 124 valence electrons. The molecule has 1 saturated heterocycles. The van der Waals surface area contributed by atoms with E-state index < -0.39 is 0 Å². The maximum absolute atomic E-state index is 6.41. The molecule has 4 atom stereocenters.